The van der Waals surface area contributed by atoms with Gasteiger partial charge in [0, 0.05) is 29.4 Å². The van der Waals surface area contributed by atoms with Crippen LogP contribution in [0.3, 0.4) is 0 Å². The van der Waals surface area contributed by atoms with Crippen molar-refractivity contribution in [3.05, 3.63) is 40.9 Å². The minimum atomic E-state index is -0.406. The van der Waals surface area contributed by atoms with Crippen molar-refractivity contribution in [2.45, 2.75) is 38.4 Å². The van der Waals surface area contributed by atoms with E-state index < -0.39 is 5.91 Å². The zero-order chi connectivity index (χ0) is 22.0. The van der Waals surface area contributed by atoms with Crippen molar-refractivity contribution in [3.63, 3.8) is 0 Å². The first kappa shape index (κ1) is 21.4. The Morgan fingerprint density at radius 1 is 1.23 bits per heavy atom. The number of anilines is 1. The average Bonchev–Trinajstić information content (AvgIpc) is 3.36. The molecule has 2 N–H and O–H groups in total. The standard InChI is InChI=1S/C20H20ClN5O4S/c1-10-5-13(14-7-17(21)23-9-16(14)29-2)15(8-22-10)18(28)24-19-25-26-20(31-19)30-12-4-3-11(27)6-12/h5,7-9,11-12,27H,3-4,6H2,1-2H3,(H,24,25,28)/t11-,12+/m1/s1. The van der Waals surface area contributed by atoms with Gasteiger partial charge in [0.25, 0.3) is 11.1 Å². The molecule has 0 aliphatic heterocycles. The summed E-state index contributed by atoms with van der Waals surface area (Å²) in [6, 6.07) is 3.42. The number of pyridine rings is 2. The van der Waals surface area contributed by atoms with Gasteiger partial charge in [-0.25, -0.2) is 4.98 Å². The molecule has 1 aliphatic rings. The van der Waals surface area contributed by atoms with Gasteiger partial charge in [0.1, 0.15) is 17.0 Å². The van der Waals surface area contributed by atoms with E-state index in [2.05, 4.69) is 25.5 Å². The van der Waals surface area contributed by atoms with Gasteiger partial charge in [0.2, 0.25) is 5.13 Å². The zero-order valence-electron chi connectivity index (χ0n) is 16.8. The van der Waals surface area contributed by atoms with E-state index in [1.54, 1.807) is 12.1 Å². The van der Waals surface area contributed by atoms with Crippen LogP contribution >= 0.6 is 22.9 Å². The molecule has 3 aromatic heterocycles. The lowest BCUT2D eigenvalue weighted by Gasteiger charge is -2.13. The maximum atomic E-state index is 13.0. The number of methoxy groups -OCH3 is 1. The van der Waals surface area contributed by atoms with E-state index >= 15 is 0 Å². The second-order valence-electron chi connectivity index (χ2n) is 7.11. The Morgan fingerprint density at radius 3 is 2.81 bits per heavy atom. The molecule has 3 aromatic rings. The Bertz CT molecular complexity index is 1110. The summed E-state index contributed by atoms with van der Waals surface area (Å²) in [7, 11) is 1.52. The molecule has 1 amide bonds. The number of aliphatic hydroxyl groups excluding tert-OH is 1. The highest BCUT2D eigenvalue weighted by atomic mass is 35.5. The number of carbonyl (C=O) groups is 1. The van der Waals surface area contributed by atoms with Gasteiger partial charge in [-0.2, -0.15) is 0 Å². The molecule has 1 fully saturated rings. The summed E-state index contributed by atoms with van der Waals surface area (Å²) in [5.41, 5.74) is 2.28. The first-order valence-electron chi connectivity index (χ1n) is 9.59. The van der Waals surface area contributed by atoms with Gasteiger partial charge in [-0.1, -0.05) is 16.7 Å². The molecule has 9 nitrogen and oxygen atoms in total. The summed E-state index contributed by atoms with van der Waals surface area (Å²) < 4.78 is 11.1. The minimum Gasteiger partial charge on any atom is -0.494 e. The highest BCUT2D eigenvalue weighted by Crippen LogP contribution is 2.34. The van der Waals surface area contributed by atoms with Crippen LogP contribution in [0.4, 0.5) is 5.13 Å². The number of aryl methyl sites for hydroxylation is 1. The topological polar surface area (TPSA) is 119 Å². The van der Waals surface area contributed by atoms with Gasteiger partial charge in [-0.05, 0) is 43.2 Å². The first-order valence-corrected chi connectivity index (χ1v) is 10.8. The van der Waals surface area contributed by atoms with Crippen LogP contribution in [-0.4, -0.2) is 50.5 Å². The van der Waals surface area contributed by atoms with E-state index in [-0.39, 0.29) is 17.4 Å². The van der Waals surface area contributed by atoms with Crippen molar-refractivity contribution in [3.8, 4) is 22.1 Å². The normalized spacial score (nSPS) is 18.1. The van der Waals surface area contributed by atoms with Crippen LogP contribution in [0.1, 0.15) is 35.3 Å². The molecular weight excluding hydrogens is 442 g/mol. The molecule has 11 heteroatoms. The molecule has 3 heterocycles. The van der Waals surface area contributed by atoms with Crippen LogP contribution in [0.25, 0.3) is 11.1 Å². The predicted octanol–water partition coefficient (Wildman–Crippen LogP) is 3.51. The number of nitrogens with zero attached hydrogens (tertiary/aromatic N) is 4. The quantitative estimate of drug-likeness (QED) is 0.535. The third-order valence-electron chi connectivity index (χ3n) is 4.88. The maximum absolute atomic E-state index is 13.0. The van der Waals surface area contributed by atoms with E-state index in [4.69, 9.17) is 21.1 Å². The number of rotatable bonds is 6. The minimum absolute atomic E-state index is 0.0942. The van der Waals surface area contributed by atoms with E-state index in [0.717, 1.165) is 23.5 Å². The summed E-state index contributed by atoms with van der Waals surface area (Å²) in [6.07, 6.45) is 4.59. The van der Waals surface area contributed by atoms with Crippen molar-refractivity contribution in [1.29, 1.82) is 0 Å². The third-order valence-corrected chi connectivity index (χ3v) is 5.82. The van der Waals surface area contributed by atoms with Crippen molar-refractivity contribution in [2.75, 3.05) is 12.4 Å². The Kier molecular flexibility index (Phi) is 6.30. The maximum Gasteiger partial charge on any atom is 0.296 e. The van der Waals surface area contributed by atoms with Gasteiger partial charge in [0.05, 0.1) is 25.0 Å². The molecule has 0 saturated heterocycles. The van der Waals surface area contributed by atoms with Crippen LogP contribution in [0.2, 0.25) is 5.15 Å². The lowest BCUT2D eigenvalue weighted by atomic mass is 10.0. The molecule has 0 unspecified atom stereocenters. The summed E-state index contributed by atoms with van der Waals surface area (Å²) in [5, 5.41) is 21.2. The molecule has 2 atom stereocenters. The largest absolute Gasteiger partial charge is 0.494 e. The highest BCUT2D eigenvalue weighted by Gasteiger charge is 2.26. The van der Waals surface area contributed by atoms with Crippen LogP contribution in [0.15, 0.2) is 24.5 Å². The Hall–Kier alpha value is -2.82. The van der Waals surface area contributed by atoms with Crippen molar-refractivity contribution < 1.29 is 19.4 Å². The van der Waals surface area contributed by atoms with Gasteiger partial charge in [-0.15, -0.1) is 5.10 Å². The lowest BCUT2D eigenvalue weighted by molar-refractivity contribution is 0.102. The third kappa shape index (κ3) is 4.92. The second kappa shape index (κ2) is 9.13. The fourth-order valence-electron chi connectivity index (χ4n) is 3.39. The molecule has 162 valence electrons. The highest BCUT2D eigenvalue weighted by molar-refractivity contribution is 7.17. The number of hydrogen-bond acceptors (Lipinski definition) is 9. The SMILES string of the molecule is COc1cnc(Cl)cc1-c1cc(C)ncc1C(=O)Nc1nnc(O[C@H]2CC[C@@H](O)C2)s1. The molecular formula is C20H20ClN5O4S. The smallest absolute Gasteiger partial charge is 0.296 e. The number of aliphatic hydroxyl groups is 1. The lowest BCUT2D eigenvalue weighted by Crippen LogP contribution is -2.14. The van der Waals surface area contributed by atoms with Gasteiger partial charge in [-0.3, -0.25) is 15.1 Å². The number of amides is 1. The molecule has 0 spiro atoms. The molecule has 0 bridgehead atoms. The molecule has 0 aromatic carbocycles. The van der Waals surface area contributed by atoms with Gasteiger partial charge >= 0.3 is 0 Å². The van der Waals surface area contributed by atoms with E-state index in [1.807, 2.05) is 6.92 Å². The fraction of sp³-hybridized carbons (Fsp3) is 0.350. The van der Waals surface area contributed by atoms with Crippen LogP contribution in [0.5, 0.6) is 10.9 Å². The van der Waals surface area contributed by atoms with Crippen molar-refractivity contribution in [1.82, 2.24) is 20.2 Å². The fourth-order valence-corrected chi connectivity index (χ4v) is 4.21. The Labute approximate surface area is 187 Å². The number of aromatic nitrogens is 4. The van der Waals surface area contributed by atoms with Crippen LogP contribution < -0.4 is 14.8 Å². The van der Waals surface area contributed by atoms with E-state index in [0.29, 0.717) is 45.6 Å². The number of hydrogen-bond donors (Lipinski definition) is 2. The van der Waals surface area contributed by atoms with E-state index in [1.165, 1.54) is 19.5 Å². The van der Waals surface area contributed by atoms with E-state index in [9.17, 15) is 9.90 Å². The summed E-state index contributed by atoms with van der Waals surface area (Å²) in [5.74, 6) is 0.0749. The molecule has 31 heavy (non-hydrogen) atoms. The zero-order valence-corrected chi connectivity index (χ0v) is 18.4. The van der Waals surface area contributed by atoms with Crippen molar-refractivity contribution in [2.24, 2.45) is 0 Å². The summed E-state index contributed by atoms with van der Waals surface area (Å²) in [6.45, 7) is 1.83. The van der Waals surface area contributed by atoms with Gasteiger partial charge < -0.3 is 14.6 Å². The Balaban J connectivity index is 1.57. The van der Waals surface area contributed by atoms with Crippen LogP contribution in [-0.2, 0) is 0 Å². The first-order chi connectivity index (χ1) is 14.9. The molecule has 0 radical (unpaired) electrons. The predicted molar refractivity (Wildman–Crippen MR) is 116 cm³/mol. The Morgan fingerprint density at radius 2 is 2.06 bits per heavy atom. The number of carbonyl (C=O) groups excluding carboxylic acids is 1. The van der Waals surface area contributed by atoms with Gasteiger partial charge in [0.15, 0.2) is 0 Å². The monoisotopic (exact) mass is 461 g/mol. The number of halogens is 1. The van der Waals surface area contributed by atoms with Crippen molar-refractivity contribution >= 4 is 34.0 Å². The summed E-state index contributed by atoms with van der Waals surface area (Å²) in [4.78, 5) is 21.3. The summed E-state index contributed by atoms with van der Waals surface area (Å²) >= 11 is 7.20. The number of ether oxygens (including phenoxy) is 2. The van der Waals surface area contributed by atoms with Crippen LogP contribution in [0, 0.1) is 6.92 Å². The number of nitrogens with one attached hydrogen (secondary N) is 1. The molecule has 1 aliphatic carbocycles. The second-order valence-corrected chi connectivity index (χ2v) is 8.44. The average molecular weight is 462 g/mol. The molecule has 1 saturated carbocycles. The molecule has 4 rings (SSSR count).